The SMILES string of the molecule is NS(=O)(=O)c1sccc1CNc1cccc2c1NC(=O)C2. The van der Waals surface area contributed by atoms with Crippen LogP contribution in [-0.2, 0) is 27.8 Å². The summed E-state index contributed by atoms with van der Waals surface area (Å²) in [5.41, 5.74) is 3.08. The number of sulfonamides is 1. The summed E-state index contributed by atoms with van der Waals surface area (Å²) in [6.45, 7) is 0.321. The van der Waals surface area contributed by atoms with Gasteiger partial charge in [-0.25, -0.2) is 13.6 Å². The van der Waals surface area contributed by atoms with Crippen molar-refractivity contribution in [1.29, 1.82) is 0 Å². The summed E-state index contributed by atoms with van der Waals surface area (Å²) in [6.07, 6.45) is 0.367. The normalized spacial score (nSPS) is 13.9. The third-order valence-electron chi connectivity index (χ3n) is 3.20. The molecule has 4 N–H and O–H groups in total. The number of nitrogens with one attached hydrogen (secondary N) is 2. The zero-order valence-electron chi connectivity index (χ0n) is 10.9. The molecule has 2 heterocycles. The minimum absolute atomic E-state index is 0.0417. The van der Waals surface area contributed by atoms with Crippen molar-refractivity contribution in [3.05, 3.63) is 40.8 Å². The van der Waals surface area contributed by atoms with Crippen molar-refractivity contribution in [3.63, 3.8) is 0 Å². The number of amides is 1. The summed E-state index contributed by atoms with van der Waals surface area (Å²) in [7, 11) is -3.71. The first kappa shape index (κ1) is 14.1. The minimum atomic E-state index is -3.71. The number of primary sulfonamides is 1. The van der Waals surface area contributed by atoms with Gasteiger partial charge in [-0.2, -0.15) is 0 Å². The molecule has 0 aliphatic carbocycles. The van der Waals surface area contributed by atoms with E-state index >= 15 is 0 Å². The van der Waals surface area contributed by atoms with Gasteiger partial charge in [0.2, 0.25) is 15.9 Å². The number of thiophene rings is 1. The predicted octanol–water partition coefficient (Wildman–Crippen LogP) is 1.50. The van der Waals surface area contributed by atoms with E-state index in [4.69, 9.17) is 5.14 Å². The fourth-order valence-corrected chi connectivity index (χ4v) is 4.15. The van der Waals surface area contributed by atoms with Gasteiger partial charge in [0.15, 0.2) is 0 Å². The molecule has 0 saturated heterocycles. The van der Waals surface area contributed by atoms with E-state index in [9.17, 15) is 13.2 Å². The molecule has 0 radical (unpaired) electrons. The molecule has 1 aromatic heterocycles. The van der Waals surface area contributed by atoms with Crippen LogP contribution < -0.4 is 15.8 Å². The van der Waals surface area contributed by atoms with E-state index in [-0.39, 0.29) is 10.1 Å². The van der Waals surface area contributed by atoms with Crippen molar-refractivity contribution < 1.29 is 13.2 Å². The molecule has 21 heavy (non-hydrogen) atoms. The van der Waals surface area contributed by atoms with Gasteiger partial charge >= 0.3 is 0 Å². The van der Waals surface area contributed by atoms with E-state index in [1.807, 2.05) is 18.2 Å². The first-order valence-electron chi connectivity index (χ1n) is 6.20. The van der Waals surface area contributed by atoms with Gasteiger partial charge in [-0.05, 0) is 23.1 Å². The lowest BCUT2D eigenvalue weighted by Gasteiger charge is -2.11. The molecule has 1 aliphatic rings. The molecule has 0 atom stereocenters. The molecular formula is C13H13N3O3S2. The second kappa shape index (κ2) is 5.14. The molecule has 0 saturated carbocycles. The smallest absolute Gasteiger partial charge is 0.247 e. The maximum atomic E-state index is 11.5. The van der Waals surface area contributed by atoms with E-state index in [1.54, 1.807) is 11.4 Å². The predicted molar refractivity (Wildman–Crippen MR) is 81.8 cm³/mol. The Labute approximate surface area is 126 Å². The number of hydrogen-bond acceptors (Lipinski definition) is 5. The number of para-hydroxylation sites is 1. The van der Waals surface area contributed by atoms with Crippen LogP contribution >= 0.6 is 11.3 Å². The molecule has 1 aromatic carbocycles. The van der Waals surface area contributed by atoms with Gasteiger partial charge in [0.05, 0.1) is 17.8 Å². The Morgan fingerprint density at radius 3 is 2.90 bits per heavy atom. The van der Waals surface area contributed by atoms with Crippen LogP contribution in [0.5, 0.6) is 0 Å². The van der Waals surface area contributed by atoms with Gasteiger partial charge in [-0.1, -0.05) is 12.1 Å². The monoisotopic (exact) mass is 323 g/mol. The molecule has 1 amide bonds. The van der Waals surface area contributed by atoms with Gasteiger partial charge in [-0.3, -0.25) is 4.79 Å². The van der Waals surface area contributed by atoms with Crippen molar-refractivity contribution in [3.8, 4) is 0 Å². The van der Waals surface area contributed by atoms with Crippen LogP contribution in [0.1, 0.15) is 11.1 Å². The van der Waals surface area contributed by atoms with Gasteiger partial charge in [0.25, 0.3) is 0 Å². The first-order valence-corrected chi connectivity index (χ1v) is 8.62. The van der Waals surface area contributed by atoms with Crippen LogP contribution in [0.25, 0.3) is 0 Å². The Bertz CT molecular complexity index is 812. The summed E-state index contributed by atoms with van der Waals surface area (Å²) in [6, 6.07) is 7.31. The zero-order valence-corrected chi connectivity index (χ0v) is 12.6. The number of carbonyl (C=O) groups excluding carboxylic acids is 1. The fraction of sp³-hybridized carbons (Fsp3) is 0.154. The summed E-state index contributed by atoms with van der Waals surface area (Å²) in [4.78, 5) is 11.4. The van der Waals surface area contributed by atoms with Crippen LogP contribution in [0, 0.1) is 0 Å². The second-order valence-corrected chi connectivity index (χ2v) is 7.37. The van der Waals surface area contributed by atoms with Crippen LogP contribution in [0.3, 0.4) is 0 Å². The highest BCUT2D eigenvalue weighted by Gasteiger charge is 2.21. The molecule has 110 valence electrons. The zero-order chi connectivity index (χ0) is 15.0. The Morgan fingerprint density at radius 1 is 1.33 bits per heavy atom. The molecule has 0 fully saturated rings. The Hall–Kier alpha value is -1.90. The third-order valence-corrected chi connectivity index (χ3v) is 5.71. The number of anilines is 2. The number of hydrogen-bond donors (Lipinski definition) is 3. The quantitative estimate of drug-likeness (QED) is 0.793. The maximum Gasteiger partial charge on any atom is 0.247 e. The standard InChI is InChI=1S/C13H13N3O3S2/c14-21(18,19)13-9(4-5-20-13)7-15-10-3-1-2-8-6-11(17)16-12(8)10/h1-5,15H,6-7H2,(H,16,17)(H2,14,18,19). The summed E-state index contributed by atoms with van der Waals surface area (Å²) < 4.78 is 23.1. The first-order chi connectivity index (χ1) is 9.95. The average Bonchev–Trinajstić information content (AvgIpc) is 3.00. The summed E-state index contributed by atoms with van der Waals surface area (Å²) in [5.74, 6) is -0.0417. The number of carbonyl (C=O) groups is 1. The molecule has 2 aromatic rings. The van der Waals surface area contributed by atoms with Crippen molar-refractivity contribution in [1.82, 2.24) is 0 Å². The Balaban J connectivity index is 1.83. The lowest BCUT2D eigenvalue weighted by Crippen LogP contribution is -2.13. The highest BCUT2D eigenvalue weighted by molar-refractivity contribution is 7.91. The van der Waals surface area contributed by atoms with E-state index < -0.39 is 10.0 Å². The van der Waals surface area contributed by atoms with Gasteiger partial charge in [-0.15, -0.1) is 11.3 Å². The third kappa shape index (κ3) is 2.78. The van der Waals surface area contributed by atoms with Crippen molar-refractivity contribution >= 4 is 38.6 Å². The van der Waals surface area contributed by atoms with Gasteiger partial charge in [0, 0.05) is 12.1 Å². The molecule has 0 spiro atoms. The fourth-order valence-electron chi connectivity index (χ4n) is 2.29. The Morgan fingerprint density at radius 2 is 2.14 bits per heavy atom. The molecule has 1 aliphatic heterocycles. The number of benzene rings is 1. The Kier molecular flexibility index (Phi) is 3.44. The van der Waals surface area contributed by atoms with Crippen LogP contribution in [0.15, 0.2) is 33.9 Å². The lowest BCUT2D eigenvalue weighted by atomic mass is 10.1. The molecule has 0 unspecified atom stereocenters. The van der Waals surface area contributed by atoms with E-state index in [1.165, 1.54) is 0 Å². The van der Waals surface area contributed by atoms with Crippen LogP contribution in [0.2, 0.25) is 0 Å². The van der Waals surface area contributed by atoms with E-state index in [2.05, 4.69) is 10.6 Å². The van der Waals surface area contributed by atoms with Crippen LogP contribution in [-0.4, -0.2) is 14.3 Å². The summed E-state index contributed by atoms with van der Waals surface area (Å²) >= 11 is 1.09. The summed E-state index contributed by atoms with van der Waals surface area (Å²) in [5, 5.41) is 12.8. The minimum Gasteiger partial charge on any atom is -0.379 e. The topological polar surface area (TPSA) is 101 Å². The molecule has 3 rings (SSSR count). The molecular weight excluding hydrogens is 310 g/mol. The number of nitrogens with two attached hydrogens (primary N) is 1. The molecule has 8 heteroatoms. The number of rotatable bonds is 4. The molecule has 6 nitrogen and oxygen atoms in total. The van der Waals surface area contributed by atoms with Crippen molar-refractivity contribution in [2.45, 2.75) is 17.2 Å². The maximum absolute atomic E-state index is 11.5. The second-order valence-electron chi connectivity index (χ2n) is 4.70. The van der Waals surface area contributed by atoms with E-state index in [0.29, 0.717) is 18.5 Å². The average molecular weight is 323 g/mol. The number of fused-ring (bicyclic) bond motifs is 1. The van der Waals surface area contributed by atoms with Gasteiger partial charge < -0.3 is 10.6 Å². The lowest BCUT2D eigenvalue weighted by molar-refractivity contribution is -0.115. The highest BCUT2D eigenvalue weighted by atomic mass is 32.2. The van der Waals surface area contributed by atoms with E-state index in [0.717, 1.165) is 28.3 Å². The highest BCUT2D eigenvalue weighted by Crippen LogP contribution is 2.32. The molecule has 0 bridgehead atoms. The van der Waals surface area contributed by atoms with Crippen molar-refractivity contribution in [2.24, 2.45) is 5.14 Å². The van der Waals surface area contributed by atoms with Crippen molar-refractivity contribution in [2.75, 3.05) is 10.6 Å². The largest absolute Gasteiger partial charge is 0.379 e. The van der Waals surface area contributed by atoms with Gasteiger partial charge in [0.1, 0.15) is 4.21 Å². The van der Waals surface area contributed by atoms with Crippen LogP contribution in [0.4, 0.5) is 11.4 Å².